The summed E-state index contributed by atoms with van der Waals surface area (Å²) in [6.45, 7) is 5.48. The third kappa shape index (κ3) is 5.30. The number of fused-ring (bicyclic) bond motifs is 1. The number of hydrogen-bond acceptors (Lipinski definition) is 6. The van der Waals surface area contributed by atoms with E-state index < -0.39 is 18.4 Å². The van der Waals surface area contributed by atoms with Gasteiger partial charge in [0.25, 0.3) is 0 Å². The van der Waals surface area contributed by atoms with Crippen LogP contribution in [0.1, 0.15) is 32.2 Å². The lowest BCUT2D eigenvalue weighted by molar-refractivity contribution is -0.905. The first-order valence-corrected chi connectivity index (χ1v) is 8.76. The number of H-pyrrole nitrogens is 1. The summed E-state index contributed by atoms with van der Waals surface area (Å²) in [4.78, 5) is 39.8. The van der Waals surface area contributed by atoms with Crippen molar-refractivity contribution in [3.63, 3.8) is 0 Å². The number of aromatic nitrogens is 3. The Morgan fingerprint density at radius 3 is 2.78 bits per heavy atom. The van der Waals surface area contributed by atoms with E-state index in [0.717, 1.165) is 31.4 Å². The SMILES string of the molecule is CC[NH+]1CCCC(n2c(=O)[nH]c3ccc(OC)nc32)C1.O=C([O-])CC(=O)O. The van der Waals surface area contributed by atoms with Crippen molar-refractivity contribution in [2.75, 3.05) is 26.7 Å². The van der Waals surface area contributed by atoms with Gasteiger partial charge in [-0.25, -0.2) is 4.79 Å². The zero-order chi connectivity index (χ0) is 20.0. The number of aliphatic carboxylic acids is 2. The third-order valence-electron chi connectivity index (χ3n) is 4.50. The van der Waals surface area contributed by atoms with Crippen molar-refractivity contribution in [2.45, 2.75) is 32.2 Å². The van der Waals surface area contributed by atoms with Crippen LogP contribution in [0.4, 0.5) is 0 Å². The highest BCUT2D eigenvalue weighted by atomic mass is 16.5. The maximum Gasteiger partial charge on any atom is 0.328 e. The number of likely N-dealkylation sites (N-methyl/N-ethyl adjacent to an activating group) is 1. The standard InChI is InChI=1S/C14H20N4O2.C3H4O4/c1-3-17-8-4-5-10(9-17)18-13-11(15-14(18)19)6-7-12(16-13)20-2;4-2(5)1-3(6)7/h6-7,10H,3-5,8-9H2,1-2H3,(H,15,19);1H2,(H,4,5)(H,6,7). The van der Waals surface area contributed by atoms with Gasteiger partial charge < -0.3 is 29.6 Å². The lowest BCUT2D eigenvalue weighted by atomic mass is 10.1. The molecule has 2 aromatic heterocycles. The Labute approximate surface area is 155 Å². The van der Waals surface area contributed by atoms with Crippen LogP contribution >= 0.6 is 0 Å². The highest BCUT2D eigenvalue weighted by Crippen LogP contribution is 2.20. The Morgan fingerprint density at radius 1 is 1.48 bits per heavy atom. The molecule has 0 saturated carbocycles. The number of rotatable bonds is 5. The highest BCUT2D eigenvalue weighted by molar-refractivity contribution is 5.87. The number of piperidine rings is 1. The number of nitrogens with one attached hydrogen (secondary N) is 2. The number of pyridine rings is 1. The first-order chi connectivity index (χ1) is 12.8. The lowest BCUT2D eigenvalue weighted by Gasteiger charge is -2.29. The number of aromatic amines is 1. The smallest absolute Gasteiger partial charge is 0.328 e. The molecule has 148 valence electrons. The summed E-state index contributed by atoms with van der Waals surface area (Å²) < 4.78 is 6.98. The minimum Gasteiger partial charge on any atom is -0.550 e. The van der Waals surface area contributed by atoms with E-state index in [4.69, 9.17) is 9.84 Å². The Bertz CT molecular complexity index is 847. The van der Waals surface area contributed by atoms with Crippen LogP contribution in [-0.2, 0) is 9.59 Å². The molecule has 2 aromatic rings. The van der Waals surface area contributed by atoms with Crippen molar-refractivity contribution < 1.29 is 29.4 Å². The number of likely N-dealkylation sites (tertiary alicyclic amines) is 1. The fourth-order valence-electron chi connectivity index (χ4n) is 3.23. The van der Waals surface area contributed by atoms with E-state index in [1.54, 1.807) is 18.1 Å². The van der Waals surface area contributed by atoms with Crippen molar-refractivity contribution in [2.24, 2.45) is 0 Å². The van der Waals surface area contributed by atoms with Crippen molar-refractivity contribution in [3.05, 3.63) is 22.6 Å². The zero-order valence-corrected chi connectivity index (χ0v) is 15.4. The molecule has 0 spiro atoms. The number of quaternary nitrogens is 1. The maximum absolute atomic E-state index is 12.2. The van der Waals surface area contributed by atoms with Crippen molar-refractivity contribution in [1.29, 1.82) is 0 Å². The number of carboxylic acids is 2. The van der Waals surface area contributed by atoms with Gasteiger partial charge in [-0.05, 0) is 25.8 Å². The fourth-order valence-corrected chi connectivity index (χ4v) is 3.23. The Balaban J connectivity index is 0.000000321. The summed E-state index contributed by atoms with van der Waals surface area (Å²) >= 11 is 0. The highest BCUT2D eigenvalue weighted by Gasteiger charge is 2.26. The largest absolute Gasteiger partial charge is 0.550 e. The molecule has 3 heterocycles. The Hall–Kier alpha value is -2.88. The van der Waals surface area contributed by atoms with Crippen LogP contribution in [0.5, 0.6) is 5.88 Å². The quantitative estimate of drug-likeness (QED) is 0.519. The Morgan fingerprint density at radius 2 is 2.22 bits per heavy atom. The fraction of sp³-hybridized carbons (Fsp3) is 0.529. The molecule has 1 saturated heterocycles. The van der Waals surface area contributed by atoms with Gasteiger partial charge in [0, 0.05) is 6.07 Å². The molecular weight excluding hydrogens is 356 g/mol. The maximum atomic E-state index is 12.2. The van der Waals surface area contributed by atoms with Crippen LogP contribution < -0.4 is 20.4 Å². The summed E-state index contributed by atoms with van der Waals surface area (Å²) in [5.74, 6) is -2.40. The number of carbonyl (C=O) groups is 2. The summed E-state index contributed by atoms with van der Waals surface area (Å²) in [5, 5.41) is 17.0. The molecule has 2 atom stereocenters. The van der Waals surface area contributed by atoms with Gasteiger partial charge >= 0.3 is 11.7 Å². The molecule has 1 aliphatic rings. The van der Waals surface area contributed by atoms with Crippen LogP contribution in [0, 0.1) is 0 Å². The van der Waals surface area contributed by atoms with Gasteiger partial charge in [-0.3, -0.25) is 9.36 Å². The van der Waals surface area contributed by atoms with Crippen molar-refractivity contribution in [1.82, 2.24) is 14.5 Å². The second kappa shape index (κ2) is 9.17. The summed E-state index contributed by atoms with van der Waals surface area (Å²) in [6.07, 6.45) is 1.27. The van der Waals surface area contributed by atoms with E-state index in [2.05, 4.69) is 16.9 Å². The van der Waals surface area contributed by atoms with Gasteiger partial charge in [-0.1, -0.05) is 0 Å². The summed E-state index contributed by atoms with van der Waals surface area (Å²) in [6, 6.07) is 3.85. The molecule has 10 heteroatoms. The molecule has 3 N–H and O–H groups in total. The molecule has 0 radical (unpaired) electrons. The van der Waals surface area contributed by atoms with Crippen LogP contribution in [0.15, 0.2) is 16.9 Å². The number of nitrogens with zero attached hydrogens (tertiary/aromatic N) is 2. The number of hydrogen-bond donors (Lipinski definition) is 3. The van der Waals surface area contributed by atoms with Crippen molar-refractivity contribution >= 4 is 23.1 Å². The lowest BCUT2D eigenvalue weighted by Crippen LogP contribution is -3.13. The van der Waals surface area contributed by atoms with Gasteiger partial charge in [0.05, 0.1) is 50.7 Å². The Kier molecular flexibility index (Phi) is 6.94. The van der Waals surface area contributed by atoms with Gasteiger partial charge in [0.1, 0.15) is 0 Å². The first kappa shape index (κ1) is 20.4. The molecule has 1 aliphatic heterocycles. The van der Waals surface area contributed by atoms with Gasteiger partial charge in [0.15, 0.2) is 5.65 Å². The minimum atomic E-state index is -1.56. The number of carboxylic acid groups (broad SMARTS) is 2. The van der Waals surface area contributed by atoms with Gasteiger partial charge in [-0.15, -0.1) is 0 Å². The predicted molar refractivity (Wildman–Crippen MR) is 93.7 cm³/mol. The van der Waals surface area contributed by atoms with Crippen LogP contribution in [-0.4, -0.2) is 58.3 Å². The number of ether oxygens (including phenoxy) is 1. The average molecular weight is 380 g/mol. The predicted octanol–water partition coefficient (Wildman–Crippen LogP) is -1.82. The van der Waals surface area contributed by atoms with E-state index in [0.29, 0.717) is 11.5 Å². The molecule has 27 heavy (non-hydrogen) atoms. The number of carbonyl (C=O) groups excluding carboxylic acids is 1. The molecule has 1 fully saturated rings. The van der Waals surface area contributed by atoms with E-state index in [-0.39, 0.29) is 11.7 Å². The molecule has 0 amide bonds. The van der Waals surface area contributed by atoms with Gasteiger partial charge in [0.2, 0.25) is 5.88 Å². The van der Waals surface area contributed by atoms with Gasteiger partial charge in [-0.2, -0.15) is 4.98 Å². The average Bonchev–Trinajstić information content (AvgIpc) is 2.95. The molecule has 0 aliphatic carbocycles. The van der Waals surface area contributed by atoms with Crippen molar-refractivity contribution in [3.8, 4) is 5.88 Å². The van der Waals surface area contributed by atoms with Crippen LogP contribution in [0.25, 0.3) is 11.2 Å². The first-order valence-electron chi connectivity index (χ1n) is 8.76. The molecular formula is C17H24N4O6. The molecule has 0 aromatic carbocycles. The summed E-state index contributed by atoms with van der Waals surface area (Å²) in [7, 11) is 1.59. The molecule has 3 rings (SSSR count). The number of methoxy groups -OCH3 is 1. The van der Waals surface area contributed by atoms with E-state index >= 15 is 0 Å². The normalized spacial score (nSPS) is 19.2. The topological polar surface area (TPSA) is 142 Å². The van der Waals surface area contributed by atoms with E-state index in [1.807, 2.05) is 10.6 Å². The molecule has 0 bridgehead atoms. The molecule has 10 nitrogen and oxygen atoms in total. The second-order valence-electron chi connectivity index (χ2n) is 6.32. The second-order valence-corrected chi connectivity index (χ2v) is 6.32. The summed E-state index contributed by atoms with van der Waals surface area (Å²) in [5.41, 5.74) is 1.42. The van der Waals surface area contributed by atoms with E-state index in [9.17, 15) is 19.5 Å². The molecule has 2 unspecified atom stereocenters. The van der Waals surface area contributed by atoms with Crippen LogP contribution in [0.3, 0.4) is 0 Å². The zero-order valence-electron chi connectivity index (χ0n) is 15.4. The van der Waals surface area contributed by atoms with E-state index in [1.165, 1.54) is 6.54 Å². The monoisotopic (exact) mass is 380 g/mol. The third-order valence-corrected chi connectivity index (χ3v) is 4.50. The van der Waals surface area contributed by atoms with Crippen LogP contribution in [0.2, 0.25) is 0 Å². The number of imidazole rings is 1. The minimum absolute atomic E-state index is 0.0666.